The molecule has 0 spiro atoms. The molecule has 0 amide bonds. The first-order valence-electron chi connectivity index (χ1n) is 6.76. The van der Waals surface area contributed by atoms with Crippen molar-refractivity contribution in [3.8, 4) is 0 Å². The maximum absolute atomic E-state index is 5.96. The number of benzene rings is 2. The van der Waals surface area contributed by atoms with E-state index in [-0.39, 0.29) is 0 Å². The molecule has 2 nitrogen and oxygen atoms in total. The lowest BCUT2D eigenvalue weighted by atomic mass is 10.2. The second-order valence-electron chi connectivity index (χ2n) is 4.57. The second-order valence-corrected chi connectivity index (χ2v) is 6.96. The normalized spacial score (nSPS) is 10.3. The number of hydrogen-bond donors (Lipinski definition) is 2. The molecule has 0 unspecified atom stereocenters. The summed E-state index contributed by atoms with van der Waals surface area (Å²) in [6.45, 7) is 0.810. The summed E-state index contributed by atoms with van der Waals surface area (Å²) in [5.74, 6) is 1.91. The molecule has 0 bridgehead atoms. The summed E-state index contributed by atoms with van der Waals surface area (Å²) in [6.07, 6.45) is 0. The Hall–Kier alpha value is -0.940. The number of halogens is 2. The Kier molecular flexibility index (Phi) is 7.33. The van der Waals surface area contributed by atoms with E-state index in [1.165, 1.54) is 5.56 Å². The smallest absolute Gasteiger partial charge is 0.170 e. The van der Waals surface area contributed by atoms with Crippen LogP contribution in [0.1, 0.15) is 5.56 Å². The maximum Gasteiger partial charge on any atom is 0.170 e. The minimum absolute atomic E-state index is 0.616. The van der Waals surface area contributed by atoms with Crippen molar-refractivity contribution in [2.24, 2.45) is 0 Å². The van der Waals surface area contributed by atoms with Crippen LogP contribution < -0.4 is 10.6 Å². The van der Waals surface area contributed by atoms with Crippen LogP contribution in [0, 0.1) is 0 Å². The van der Waals surface area contributed by atoms with Crippen LogP contribution in [0.15, 0.2) is 48.5 Å². The fraction of sp³-hybridized carbons (Fsp3) is 0.188. The molecule has 2 aromatic rings. The van der Waals surface area contributed by atoms with Gasteiger partial charge < -0.3 is 10.6 Å². The Balaban J connectivity index is 1.62. The van der Waals surface area contributed by atoms with Crippen LogP contribution in [0.25, 0.3) is 0 Å². The van der Waals surface area contributed by atoms with E-state index < -0.39 is 0 Å². The van der Waals surface area contributed by atoms with E-state index in [0.717, 1.165) is 28.8 Å². The molecule has 22 heavy (non-hydrogen) atoms. The summed E-state index contributed by atoms with van der Waals surface area (Å²) in [5, 5.41) is 8.41. The molecule has 0 fully saturated rings. The minimum atomic E-state index is 0.616. The molecule has 0 atom stereocenters. The summed E-state index contributed by atoms with van der Waals surface area (Å²) in [7, 11) is 0. The van der Waals surface area contributed by atoms with Crippen molar-refractivity contribution >= 4 is 58.0 Å². The highest BCUT2D eigenvalue weighted by molar-refractivity contribution is 7.98. The number of anilines is 1. The van der Waals surface area contributed by atoms with Gasteiger partial charge in [0.2, 0.25) is 0 Å². The molecule has 0 aromatic heterocycles. The van der Waals surface area contributed by atoms with E-state index in [1.54, 1.807) is 0 Å². The quantitative estimate of drug-likeness (QED) is 0.538. The molecular formula is C16H16Cl2N2S2. The van der Waals surface area contributed by atoms with Gasteiger partial charge in [-0.2, -0.15) is 11.8 Å². The summed E-state index contributed by atoms with van der Waals surface area (Å²) in [5.41, 5.74) is 2.16. The third-order valence-electron chi connectivity index (χ3n) is 2.79. The minimum Gasteiger partial charge on any atom is -0.362 e. The van der Waals surface area contributed by atoms with Crippen LogP contribution in [0.4, 0.5) is 5.69 Å². The average molecular weight is 371 g/mol. The fourth-order valence-corrected chi connectivity index (χ4v) is 3.13. The number of thiocarbonyl (C=S) groups is 1. The Labute approximate surface area is 150 Å². The van der Waals surface area contributed by atoms with Crippen molar-refractivity contribution in [3.63, 3.8) is 0 Å². The molecule has 0 aliphatic rings. The summed E-state index contributed by atoms with van der Waals surface area (Å²) in [6, 6.07) is 15.4. The van der Waals surface area contributed by atoms with Crippen LogP contribution in [0.3, 0.4) is 0 Å². The van der Waals surface area contributed by atoms with E-state index in [0.29, 0.717) is 10.1 Å². The molecule has 6 heteroatoms. The van der Waals surface area contributed by atoms with Crippen molar-refractivity contribution in [2.75, 3.05) is 17.6 Å². The van der Waals surface area contributed by atoms with E-state index >= 15 is 0 Å². The van der Waals surface area contributed by atoms with Crippen LogP contribution in [-0.4, -0.2) is 17.4 Å². The standard InChI is InChI=1S/C16H16Cl2N2S2/c17-13-4-6-15(7-5-13)20-16(21)19-8-9-22-11-12-2-1-3-14(18)10-12/h1-7,10H,8-9,11H2,(H2,19,20,21). The van der Waals surface area contributed by atoms with Gasteiger partial charge in [-0.3, -0.25) is 0 Å². The highest BCUT2D eigenvalue weighted by Crippen LogP contribution is 2.16. The molecule has 0 saturated carbocycles. The number of hydrogen-bond acceptors (Lipinski definition) is 2. The lowest BCUT2D eigenvalue weighted by Gasteiger charge is -2.10. The van der Waals surface area contributed by atoms with E-state index in [4.69, 9.17) is 35.4 Å². The first-order valence-corrected chi connectivity index (χ1v) is 9.08. The monoisotopic (exact) mass is 370 g/mol. The molecule has 0 heterocycles. The zero-order chi connectivity index (χ0) is 15.8. The highest BCUT2D eigenvalue weighted by atomic mass is 35.5. The Morgan fingerprint density at radius 3 is 2.55 bits per heavy atom. The van der Waals surface area contributed by atoms with Gasteiger partial charge in [-0.1, -0.05) is 35.3 Å². The summed E-state index contributed by atoms with van der Waals surface area (Å²) >= 11 is 18.9. The second kappa shape index (κ2) is 9.26. The van der Waals surface area contributed by atoms with Gasteiger partial charge in [0.25, 0.3) is 0 Å². The molecule has 116 valence electrons. The topological polar surface area (TPSA) is 24.1 Å². The van der Waals surface area contributed by atoms with Crippen LogP contribution >= 0.6 is 47.2 Å². The van der Waals surface area contributed by atoms with E-state index in [2.05, 4.69) is 16.7 Å². The summed E-state index contributed by atoms with van der Waals surface area (Å²) < 4.78 is 0. The van der Waals surface area contributed by atoms with Crippen LogP contribution in [0.2, 0.25) is 10.0 Å². The molecule has 2 aromatic carbocycles. The molecule has 0 aliphatic carbocycles. The number of thioether (sulfide) groups is 1. The van der Waals surface area contributed by atoms with Crippen molar-refractivity contribution in [1.82, 2.24) is 5.32 Å². The van der Waals surface area contributed by atoms with Crippen molar-refractivity contribution in [2.45, 2.75) is 5.75 Å². The van der Waals surface area contributed by atoms with Gasteiger partial charge in [0.05, 0.1) is 0 Å². The third-order valence-corrected chi connectivity index (χ3v) is 4.56. The van der Waals surface area contributed by atoms with Gasteiger partial charge in [-0.25, -0.2) is 0 Å². The predicted octanol–water partition coefficient (Wildman–Crippen LogP) is 5.21. The number of rotatable bonds is 6. The molecule has 2 N–H and O–H groups in total. The Morgan fingerprint density at radius 1 is 1.05 bits per heavy atom. The first-order chi connectivity index (χ1) is 10.6. The third kappa shape index (κ3) is 6.44. The Morgan fingerprint density at radius 2 is 1.82 bits per heavy atom. The average Bonchev–Trinajstić information content (AvgIpc) is 2.49. The van der Waals surface area contributed by atoms with Crippen molar-refractivity contribution < 1.29 is 0 Å². The molecular weight excluding hydrogens is 355 g/mol. The van der Waals surface area contributed by atoms with Crippen molar-refractivity contribution in [3.05, 3.63) is 64.1 Å². The van der Waals surface area contributed by atoms with Gasteiger partial charge in [-0.15, -0.1) is 0 Å². The Bertz CT molecular complexity index is 618. The van der Waals surface area contributed by atoms with Crippen LogP contribution in [0.5, 0.6) is 0 Å². The predicted molar refractivity (Wildman–Crippen MR) is 103 cm³/mol. The van der Waals surface area contributed by atoms with Gasteiger partial charge in [0.1, 0.15) is 0 Å². The number of nitrogens with one attached hydrogen (secondary N) is 2. The molecule has 0 saturated heterocycles. The lowest BCUT2D eigenvalue weighted by Crippen LogP contribution is -2.30. The fourth-order valence-electron chi connectivity index (χ4n) is 1.76. The van der Waals surface area contributed by atoms with E-state index in [1.807, 2.05) is 54.2 Å². The molecule has 2 rings (SSSR count). The largest absolute Gasteiger partial charge is 0.362 e. The van der Waals surface area contributed by atoms with Gasteiger partial charge in [0, 0.05) is 33.8 Å². The zero-order valence-corrected chi connectivity index (χ0v) is 15.0. The van der Waals surface area contributed by atoms with Crippen molar-refractivity contribution in [1.29, 1.82) is 0 Å². The summed E-state index contributed by atoms with van der Waals surface area (Å²) in [4.78, 5) is 0. The zero-order valence-electron chi connectivity index (χ0n) is 11.8. The highest BCUT2D eigenvalue weighted by Gasteiger charge is 1.98. The van der Waals surface area contributed by atoms with Gasteiger partial charge >= 0.3 is 0 Å². The molecule has 0 radical (unpaired) electrons. The van der Waals surface area contributed by atoms with Gasteiger partial charge in [-0.05, 0) is 54.2 Å². The SMILES string of the molecule is S=C(NCCSCc1cccc(Cl)c1)Nc1ccc(Cl)cc1. The molecule has 0 aliphatic heterocycles. The lowest BCUT2D eigenvalue weighted by molar-refractivity contribution is 0.990. The van der Waals surface area contributed by atoms with Gasteiger partial charge in [0.15, 0.2) is 5.11 Å². The van der Waals surface area contributed by atoms with Crippen LogP contribution in [-0.2, 0) is 5.75 Å². The maximum atomic E-state index is 5.96. The first kappa shape index (κ1) is 17.4. The van der Waals surface area contributed by atoms with E-state index in [9.17, 15) is 0 Å².